The van der Waals surface area contributed by atoms with Gasteiger partial charge in [-0.2, -0.15) is 0 Å². The van der Waals surface area contributed by atoms with Gasteiger partial charge in [0.05, 0.1) is 6.61 Å². The lowest BCUT2D eigenvalue weighted by atomic mass is 9.87. The maximum absolute atomic E-state index is 5.83. The number of hydrogen-bond acceptors (Lipinski definition) is 2. The van der Waals surface area contributed by atoms with Crippen molar-refractivity contribution in [2.75, 3.05) is 19.8 Å². The second kappa shape index (κ2) is 7.38. The molecule has 1 unspecified atom stereocenters. The zero-order valence-corrected chi connectivity index (χ0v) is 13.0. The van der Waals surface area contributed by atoms with Crippen molar-refractivity contribution in [1.29, 1.82) is 0 Å². The maximum Gasteiger partial charge on any atom is 0.0624 e. The summed E-state index contributed by atoms with van der Waals surface area (Å²) in [5.41, 5.74) is 0.630. The molecule has 0 aliphatic carbocycles. The van der Waals surface area contributed by atoms with E-state index < -0.39 is 0 Å². The standard InChI is InChI=1S/C15H33NO/c1-8-10-16-13(15(5,6)7)12-17-11-9-14(2,3)4/h13,16H,8-12H2,1-7H3. The van der Waals surface area contributed by atoms with Crippen LogP contribution in [0.5, 0.6) is 0 Å². The normalized spacial score (nSPS) is 15.0. The number of rotatable bonds is 7. The fraction of sp³-hybridized carbons (Fsp3) is 1.00. The first-order valence-electron chi connectivity index (χ1n) is 6.98. The van der Waals surface area contributed by atoms with Crippen molar-refractivity contribution in [3.8, 4) is 0 Å². The molecule has 0 heterocycles. The van der Waals surface area contributed by atoms with Crippen molar-refractivity contribution < 1.29 is 4.74 Å². The van der Waals surface area contributed by atoms with Crippen molar-refractivity contribution in [2.45, 2.75) is 67.3 Å². The van der Waals surface area contributed by atoms with Crippen LogP contribution in [-0.2, 0) is 4.74 Å². The molecule has 0 aliphatic rings. The molecule has 0 saturated carbocycles. The molecule has 0 aromatic rings. The van der Waals surface area contributed by atoms with Crippen LogP contribution in [0.3, 0.4) is 0 Å². The van der Waals surface area contributed by atoms with Crippen molar-refractivity contribution in [3.63, 3.8) is 0 Å². The monoisotopic (exact) mass is 243 g/mol. The fourth-order valence-corrected chi connectivity index (χ4v) is 1.51. The third-order valence-electron chi connectivity index (χ3n) is 2.97. The molecule has 0 aromatic carbocycles. The first-order chi connectivity index (χ1) is 7.67. The Balaban J connectivity index is 3.93. The van der Waals surface area contributed by atoms with Gasteiger partial charge in [0.25, 0.3) is 0 Å². The Kier molecular flexibility index (Phi) is 7.34. The van der Waals surface area contributed by atoms with E-state index in [9.17, 15) is 0 Å². The number of hydrogen-bond donors (Lipinski definition) is 1. The van der Waals surface area contributed by atoms with Crippen LogP contribution < -0.4 is 5.32 Å². The summed E-state index contributed by atoms with van der Waals surface area (Å²) in [5, 5.41) is 3.58. The van der Waals surface area contributed by atoms with Gasteiger partial charge in [0.1, 0.15) is 0 Å². The summed E-state index contributed by atoms with van der Waals surface area (Å²) in [4.78, 5) is 0. The lowest BCUT2D eigenvalue weighted by Gasteiger charge is -2.32. The Hall–Kier alpha value is -0.0800. The van der Waals surface area contributed by atoms with E-state index in [0.29, 0.717) is 11.5 Å². The zero-order valence-electron chi connectivity index (χ0n) is 13.0. The molecule has 0 bridgehead atoms. The predicted molar refractivity (Wildman–Crippen MR) is 76.4 cm³/mol. The minimum absolute atomic E-state index is 0.261. The van der Waals surface area contributed by atoms with Gasteiger partial charge >= 0.3 is 0 Å². The summed E-state index contributed by atoms with van der Waals surface area (Å²) >= 11 is 0. The van der Waals surface area contributed by atoms with Gasteiger partial charge in [0, 0.05) is 12.6 Å². The highest BCUT2D eigenvalue weighted by Gasteiger charge is 2.24. The van der Waals surface area contributed by atoms with Gasteiger partial charge in [0.15, 0.2) is 0 Å². The molecule has 0 saturated heterocycles. The van der Waals surface area contributed by atoms with Crippen LogP contribution in [0.2, 0.25) is 0 Å². The average Bonchev–Trinajstić information content (AvgIpc) is 2.13. The van der Waals surface area contributed by atoms with E-state index in [1.54, 1.807) is 0 Å². The molecule has 0 aliphatic heterocycles. The molecule has 1 atom stereocenters. The highest BCUT2D eigenvalue weighted by atomic mass is 16.5. The van der Waals surface area contributed by atoms with Gasteiger partial charge < -0.3 is 10.1 Å². The summed E-state index contributed by atoms with van der Waals surface area (Å²) in [5.74, 6) is 0. The fourth-order valence-electron chi connectivity index (χ4n) is 1.51. The quantitative estimate of drug-likeness (QED) is 0.686. The van der Waals surface area contributed by atoms with Crippen LogP contribution in [0, 0.1) is 10.8 Å². The van der Waals surface area contributed by atoms with Crippen LogP contribution in [-0.4, -0.2) is 25.8 Å². The van der Waals surface area contributed by atoms with E-state index in [2.05, 4.69) is 53.8 Å². The predicted octanol–water partition coefficient (Wildman–Crippen LogP) is 3.85. The van der Waals surface area contributed by atoms with E-state index in [0.717, 1.165) is 26.2 Å². The Labute approximate surface area is 109 Å². The van der Waals surface area contributed by atoms with Crippen LogP contribution >= 0.6 is 0 Å². The van der Waals surface area contributed by atoms with Crippen molar-refractivity contribution in [1.82, 2.24) is 5.32 Å². The molecule has 0 amide bonds. The second-order valence-electron chi connectivity index (χ2n) is 7.26. The molecule has 0 fully saturated rings. The molecule has 2 heteroatoms. The Morgan fingerprint density at radius 2 is 1.65 bits per heavy atom. The minimum Gasteiger partial charge on any atom is -0.380 e. The SMILES string of the molecule is CCCNC(COCCC(C)(C)C)C(C)(C)C. The molecular weight excluding hydrogens is 210 g/mol. The van der Waals surface area contributed by atoms with Crippen molar-refractivity contribution in [2.24, 2.45) is 10.8 Å². The molecule has 17 heavy (non-hydrogen) atoms. The number of nitrogens with one attached hydrogen (secondary N) is 1. The Morgan fingerprint density at radius 1 is 1.06 bits per heavy atom. The zero-order chi connectivity index (χ0) is 13.5. The molecule has 1 N–H and O–H groups in total. The van der Waals surface area contributed by atoms with E-state index >= 15 is 0 Å². The van der Waals surface area contributed by atoms with Crippen molar-refractivity contribution in [3.05, 3.63) is 0 Å². The van der Waals surface area contributed by atoms with Crippen molar-refractivity contribution >= 4 is 0 Å². The van der Waals surface area contributed by atoms with Gasteiger partial charge in [-0.3, -0.25) is 0 Å². The lowest BCUT2D eigenvalue weighted by molar-refractivity contribution is 0.0610. The summed E-state index contributed by atoms with van der Waals surface area (Å²) in [6.07, 6.45) is 2.30. The van der Waals surface area contributed by atoms with Crippen LogP contribution in [0.4, 0.5) is 0 Å². The van der Waals surface area contributed by atoms with Gasteiger partial charge in [-0.25, -0.2) is 0 Å². The highest BCUT2D eigenvalue weighted by molar-refractivity contribution is 4.80. The minimum atomic E-state index is 0.261. The molecule has 0 spiro atoms. The molecule has 2 nitrogen and oxygen atoms in total. The summed E-state index contributed by atoms with van der Waals surface area (Å²) in [6.45, 7) is 18.5. The van der Waals surface area contributed by atoms with E-state index in [1.165, 1.54) is 6.42 Å². The smallest absolute Gasteiger partial charge is 0.0624 e. The lowest BCUT2D eigenvalue weighted by Crippen LogP contribution is -2.44. The van der Waals surface area contributed by atoms with Gasteiger partial charge in [-0.05, 0) is 30.2 Å². The largest absolute Gasteiger partial charge is 0.380 e. The summed E-state index contributed by atoms with van der Waals surface area (Å²) < 4.78 is 5.83. The molecular formula is C15H33NO. The number of ether oxygens (including phenoxy) is 1. The Bertz CT molecular complexity index is 188. The van der Waals surface area contributed by atoms with E-state index in [-0.39, 0.29) is 5.41 Å². The van der Waals surface area contributed by atoms with E-state index in [4.69, 9.17) is 4.74 Å². The van der Waals surface area contributed by atoms with Crippen LogP contribution in [0.25, 0.3) is 0 Å². The molecule has 0 rings (SSSR count). The average molecular weight is 243 g/mol. The Morgan fingerprint density at radius 3 is 2.06 bits per heavy atom. The van der Waals surface area contributed by atoms with Gasteiger partial charge in [-0.15, -0.1) is 0 Å². The van der Waals surface area contributed by atoms with E-state index in [1.807, 2.05) is 0 Å². The summed E-state index contributed by atoms with van der Waals surface area (Å²) in [6, 6.07) is 0.447. The first-order valence-corrected chi connectivity index (χ1v) is 6.98. The van der Waals surface area contributed by atoms with Crippen LogP contribution in [0.1, 0.15) is 61.3 Å². The van der Waals surface area contributed by atoms with Gasteiger partial charge in [0.2, 0.25) is 0 Å². The molecule has 0 aromatic heterocycles. The first kappa shape index (κ1) is 16.9. The van der Waals surface area contributed by atoms with Gasteiger partial charge in [-0.1, -0.05) is 48.5 Å². The topological polar surface area (TPSA) is 21.3 Å². The molecule has 104 valence electrons. The third kappa shape index (κ3) is 9.61. The molecule has 0 radical (unpaired) electrons. The second-order valence-corrected chi connectivity index (χ2v) is 7.26. The maximum atomic E-state index is 5.83. The van der Waals surface area contributed by atoms with Crippen LogP contribution in [0.15, 0.2) is 0 Å². The third-order valence-corrected chi connectivity index (χ3v) is 2.97. The highest BCUT2D eigenvalue weighted by Crippen LogP contribution is 2.21. The summed E-state index contributed by atoms with van der Waals surface area (Å²) in [7, 11) is 0.